The fourth-order valence-electron chi connectivity index (χ4n) is 4.69. The number of fused-ring (bicyclic) bond motifs is 1. The molecule has 1 aromatic heterocycles. The zero-order chi connectivity index (χ0) is 25.2. The van der Waals surface area contributed by atoms with Crippen molar-refractivity contribution in [3.05, 3.63) is 51.3 Å². The molecule has 1 N–H and O–H groups in total. The molecule has 7 nitrogen and oxygen atoms in total. The maximum Gasteiger partial charge on any atom is 0.417 e. The van der Waals surface area contributed by atoms with E-state index >= 15 is 0 Å². The van der Waals surface area contributed by atoms with E-state index in [1.807, 2.05) is 11.6 Å². The predicted molar refractivity (Wildman–Crippen MR) is 121 cm³/mol. The highest BCUT2D eigenvalue weighted by atomic mass is 35.5. The van der Waals surface area contributed by atoms with Crippen LogP contribution in [0.15, 0.2) is 18.2 Å². The van der Waals surface area contributed by atoms with Gasteiger partial charge < -0.3 is 14.8 Å². The predicted octanol–water partition coefficient (Wildman–Crippen LogP) is 4.45. The van der Waals surface area contributed by atoms with Gasteiger partial charge in [0.1, 0.15) is 0 Å². The minimum atomic E-state index is -4.67. The molecule has 1 saturated heterocycles. The lowest BCUT2D eigenvalue weighted by Gasteiger charge is -2.36. The largest absolute Gasteiger partial charge is 0.462 e. The molecule has 3 heterocycles. The highest BCUT2D eigenvalue weighted by Gasteiger charge is 2.39. The molecule has 35 heavy (non-hydrogen) atoms. The number of amides is 1. The number of carbonyl (C=O) groups excluding carboxylic acids is 2. The van der Waals surface area contributed by atoms with Gasteiger partial charge in [0, 0.05) is 32.7 Å². The summed E-state index contributed by atoms with van der Waals surface area (Å²) >= 11 is 5.61. The van der Waals surface area contributed by atoms with Crippen LogP contribution in [0.2, 0.25) is 5.02 Å². The second-order valence-electron chi connectivity index (χ2n) is 9.00. The molecule has 1 aromatic carbocycles. The van der Waals surface area contributed by atoms with Gasteiger partial charge in [-0.05, 0) is 49.3 Å². The normalized spacial score (nSPS) is 17.6. The molecule has 4 rings (SSSR count). The van der Waals surface area contributed by atoms with Gasteiger partial charge in [0.15, 0.2) is 0 Å². The molecule has 190 valence electrons. The third-order valence-electron chi connectivity index (χ3n) is 6.67. The summed E-state index contributed by atoms with van der Waals surface area (Å²) in [4.78, 5) is 25.2. The lowest BCUT2D eigenvalue weighted by Crippen LogP contribution is -2.40. The number of alkyl halides is 3. The molecule has 2 aliphatic heterocycles. The number of ether oxygens (including phenoxy) is 2. The number of hydrogen-bond acceptors (Lipinski definition) is 5. The minimum absolute atomic E-state index is 0.00984. The Morgan fingerprint density at radius 3 is 2.74 bits per heavy atom. The Balaban J connectivity index is 1.44. The van der Waals surface area contributed by atoms with Crippen LogP contribution in [-0.2, 0) is 35.0 Å². The second kappa shape index (κ2) is 10.2. The number of halogens is 4. The molecular formula is C24H27ClF3N3O4. The molecule has 11 heteroatoms. The quantitative estimate of drug-likeness (QED) is 0.456. The van der Waals surface area contributed by atoms with E-state index in [0.29, 0.717) is 57.2 Å². The molecule has 2 aliphatic rings. The van der Waals surface area contributed by atoms with Gasteiger partial charge >= 0.3 is 12.1 Å². The van der Waals surface area contributed by atoms with Crippen LogP contribution in [0.25, 0.3) is 0 Å². The van der Waals surface area contributed by atoms with Gasteiger partial charge in [0.2, 0.25) is 0 Å². The van der Waals surface area contributed by atoms with Gasteiger partial charge in [-0.1, -0.05) is 18.5 Å². The first-order valence-electron chi connectivity index (χ1n) is 11.6. The highest BCUT2D eigenvalue weighted by Crippen LogP contribution is 2.38. The number of nitrogens with zero attached hydrogens (tertiary/aromatic N) is 2. The smallest absolute Gasteiger partial charge is 0.417 e. The number of hydrogen-bond donors (Lipinski definition) is 1. The number of aryl methyl sites for hydroxylation is 2. The number of nitrogens with one attached hydrogen (secondary N) is 1. The van der Waals surface area contributed by atoms with E-state index in [0.717, 1.165) is 30.3 Å². The van der Waals surface area contributed by atoms with E-state index in [4.69, 9.17) is 21.1 Å². The van der Waals surface area contributed by atoms with Gasteiger partial charge in [-0.25, -0.2) is 4.79 Å². The zero-order valence-electron chi connectivity index (χ0n) is 19.3. The number of aromatic nitrogens is 2. The summed E-state index contributed by atoms with van der Waals surface area (Å²) in [7, 11) is 0. The fraction of sp³-hybridized carbons (Fsp3) is 0.542. The summed E-state index contributed by atoms with van der Waals surface area (Å²) in [5.41, 5.74) is 0.825. The zero-order valence-corrected chi connectivity index (χ0v) is 20.1. The average molecular weight is 514 g/mol. The standard InChI is InChI=1S/C24H27ClF3N3O4/c1-2-18-20-19(13-23(14-29-21(20)32)6-10-34-11-7-23)31(30-18)8-3-9-35-22(33)15-4-5-17(25)16(12-15)24(26,27)28/h4-5,12H,2-3,6-11,13-14H2,1H3,(H,29,32). The van der Waals surface area contributed by atoms with Crippen molar-refractivity contribution in [2.75, 3.05) is 26.4 Å². The molecule has 1 amide bonds. The molecule has 0 atom stereocenters. The first-order valence-corrected chi connectivity index (χ1v) is 12.0. The van der Waals surface area contributed by atoms with Gasteiger partial charge in [-0.3, -0.25) is 9.48 Å². The van der Waals surface area contributed by atoms with E-state index in [2.05, 4.69) is 10.4 Å². The first-order chi connectivity index (χ1) is 16.6. The SMILES string of the molecule is CCc1nn(CCCOC(=O)c2ccc(Cl)c(C(F)(F)F)c2)c2c1C(=O)NCC1(CCOCC1)C2. The summed E-state index contributed by atoms with van der Waals surface area (Å²) < 4.78 is 51.7. The maximum atomic E-state index is 13.1. The van der Waals surface area contributed by atoms with Crippen molar-refractivity contribution < 1.29 is 32.2 Å². The molecular weight excluding hydrogens is 487 g/mol. The Labute approximate surface area is 205 Å². The van der Waals surface area contributed by atoms with Crippen molar-refractivity contribution in [1.29, 1.82) is 0 Å². The second-order valence-corrected chi connectivity index (χ2v) is 9.41. The van der Waals surface area contributed by atoms with Crippen molar-refractivity contribution >= 4 is 23.5 Å². The van der Waals surface area contributed by atoms with E-state index in [1.165, 1.54) is 6.07 Å². The Bertz CT molecular complexity index is 1110. The number of rotatable bonds is 6. The summed E-state index contributed by atoms with van der Waals surface area (Å²) in [6.07, 6.45) is -1.29. The van der Waals surface area contributed by atoms with Crippen molar-refractivity contribution in [2.45, 2.75) is 51.7 Å². The van der Waals surface area contributed by atoms with Crippen LogP contribution in [-0.4, -0.2) is 48.0 Å². The summed E-state index contributed by atoms with van der Waals surface area (Å²) in [5.74, 6) is -0.984. The number of benzene rings is 1. The van der Waals surface area contributed by atoms with Gasteiger partial charge in [0.25, 0.3) is 5.91 Å². The van der Waals surface area contributed by atoms with E-state index < -0.39 is 22.7 Å². The van der Waals surface area contributed by atoms with Crippen LogP contribution >= 0.6 is 11.6 Å². The fourth-order valence-corrected chi connectivity index (χ4v) is 4.91. The van der Waals surface area contributed by atoms with Gasteiger partial charge in [-0.2, -0.15) is 18.3 Å². The Morgan fingerprint density at radius 2 is 2.06 bits per heavy atom. The maximum absolute atomic E-state index is 13.1. The van der Waals surface area contributed by atoms with E-state index in [1.54, 1.807) is 0 Å². The van der Waals surface area contributed by atoms with Crippen LogP contribution in [0.4, 0.5) is 13.2 Å². The van der Waals surface area contributed by atoms with Crippen LogP contribution in [0.1, 0.15) is 63.9 Å². The number of esters is 1. The summed E-state index contributed by atoms with van der Waals surface area (Å²) in [5, 5.41) is 7.23. The van der Waals surface area contributed by atoms with Crippen LogP contribution in [0, 0.1) is 5.41 Å². The van der Waals surface area contributed by atoms with Gasteiger partial charge in [0.05, 0.1) is 39.7 Å². The van der Waals surface area contributed by atoms with Crippen LogP contribution in [0.3, 0.4) is 0 Å². The van der Waals surface area contributed by atoms with Crippen molar-refractivity contribution in [3.63, 3.8) is 0 Å². The average Bonchev–Trinajstić information content (AvgIpc) is 3.10. The minimum Gasteiger partial charge on any atom is -0.462 e. The monoisotopic (exact) mass is 513 g/mol. The van der Waals surface area contributed by atoms with Crippen LogP contribution < -0.4 is 5.32 Å². The Kier molecular flexibility index (Phi) is 7.42. The van der Waals surface area contributed by atoms with Crippen molar-refractivity contribution in [3.8, 4) is 0 Å². The highest BCUT2D eigenvalue weighted by molar-refractivity contribution is 6.31. The summed E-state index contributed by atoms with van der Waals surface area (Å²) in [6, 6.07) is 2.92. The molecule has 0 aliphatic carbocycles. The van der Waals surface area contributed by atoms with E-state index in [-0.39, 0.29) is 23.5 Å². The van der Waals surface area contributed by atoms with Crippen molar-refractivity contribution in [1.82, 2.24) is 15.1 Å². The Morgan fingerprint density at radius 1 is 1.31 bits per heavy atom. The third-order valence-corrected chi connectivity index (χ3v) is 7.00. The molecule has 0 bridgehead atoms. The van der Waals surface area contributed by atoms with Crippen molar-refractivity contribution in [2.24, 2.45) is 5.41 Å². The topological polar surface area (TPSA) is 82.5 Å². The summed E-state index contributed by atoms with van der Waals surface area (Å²) in [6.45, 7) is 4.23. The third kappa shape index (κ3) is 5.48. The lowest BCUT2D eigenvalue weighted by atomic mass is 9.76. The molecule has 0 saturated carbocycles. The first kappa shape index (κ1) is 25.5. The molecule has 2 aromatic rings. The van der Waals surface area contributed by atoms with E-state index in [9.17, 15) is 22.8 Å². The Hall–Kier alpha value is -2.59. The van der Waals surface area contributed by atoms with Crippen LogP contribution in [0.5, 0.6) is 0 Å². The molecule has 0 radical (unpaired) electrons. The molecule has 1 spiro atoms. The number of carbonyl (C=O) groups is 2. The molecule has 1 fully saturated rings. The molecule has 0 unspecified atom stereocenters. The van der Waals surface area contributed by atoms with Gasteiger partial charge in [-0.15, -0.1) is 0 Å². The lowest BCUT2D eigenvalue weighted by molar-refractivity contribution is -0.137.